The van der Waals surface area contributed by atoms with Crippen LogP contribution in [0.1, 0.15) is 5.56 Å². The van der Waals surface area contributed by atoms with Crippen LogP contribution in [-0.4, -0.2) is 49.6 Å². The second kappa shape index (κ2) is 5.99. The first-order valence-corrected chi connectivity index (χ1v) is 7.72. The summed E-state index contributed by atoms with van der Waals surface area (Å²) >= 11 is 5.83. The number of rotatable bonds is 3. The smallest absolute Gasteiger partial charge is 0.324 e. The van der Waals surface area contributed by atoms with Crippen LogP contribution in [0.25, 0.3) is 0 Å². The standard InChI is InChI=1S/C12H11ClN2O5S/c13-10-5-9(2-1-8(10)6-14)21(18,19)15-3-4-20-7-11(15)12(16)17/h1-2,5,11H,3-4,7H2,(H,16,17). The molecule has 7 nitrogen and oxygen atoms in total. The van der Waals surface area contributed by atoms with Crippen molar-refractivity contribution in [2.45, 2.75) is 10.9 Å². The summed E-state index contributed by atoms with van der Waals surface area (Å²) in [7, 11) is -4.03. The summed E-state index contributed by atoms with van der Waals surface area (Å²) in [6.45, 7) is -0.150. The van der Waals surface area contributed by atoms with Crippen LogP contribution in [0.3, 0.4) is 0 Å². The summed E-state index contributed by atoms with van der Waals surface area (Å²) in [5.41, 5.74) is 0.146. The quantitative estimate of drug-likeness (QED) is 0.873. The summed E-state index contributed by atoms with van der Waals surface area (Å²) in [4.78, 5) is 11.0. The van der Waals surface area contributed by atoms with Gasteiger partial charge in [-0.1, -0.05) is 11.6 Å². The first kappa shape index (κ1) is 15.7. The molecular formula is C12H11ClN2O5S. The van der Waals surface area contributed by atoms with Crippen molar-refractivity contribution in [3.63, 3.8) is 0 Å². The highest BCUT2D eigenvalue weighted by molar-refractivity contribution is 7.89. The van der Waals surface area contributed by atoms with Gasteiger partial charge < -0.3 is 9.84 Å². The van der Waals surface area contributed by atoms with E-state index in [-0.39, 0.29) is 35.2 Å². The molecule has 0 amide bonds. The Morgan fingerprint density at radius 2 is 2.24 bits per heavy atom. The Morgan fingerprint density at radius 1 is 1.52 bits per heavy atom. The maximum absolute atomic E-state index is 12.5. The van der Waals surface area contributed by atoms with Crippen LogP contribution >= 0.6 is 11.6 Å². The molecule has 1 saturated heterocycles. The molecule has 112 valence electrons. The van der Waals surface area contributed by atoms with Gasteiger partial charge in [0.15, 0.2) is 0 Å². The van der Waals surface area contributed by atoms with Gasteiger partial charge in [-0.3, -0.25) is 4.79 Å². The molecule has 1 aliphatic rings. The number of carbonyl (C=O) groups is 1. The predicted octanol–water partition coefficient (Wildman–Crippen LogP) is 0.686. The SMILES string of the molecule is N#Cc1ccc(S(=O)(=O)N2CCOCC2C(=O)O)cc1Cl. The minimum atomic E-state index is -4.03. The lowest BCUT2D eigenvalue weighted by Gasteiger charge is -2.31. The summed E-state index contributed by atoms with van der Waals surface area (Å²) in [5.74, 6) is -1.28. The molecule has 21 heavy (non-hydrogen) atoms. The molecule has 0 bridgehead atoms. The minimum Gasteiger partial charge on any atom is -0.480 e. The number of sulfonamides is 1. The molecule has 0 saturated carbocycles. The van der Waals surface area contributed by atoms with Gasteiger partial charge in [-0.25, -0.2) is 8.42 Å². The highest BCUT2D eigenvalue weighted by Gasteiger charge is 2.38. The molecular weight excluding hydrogens is 320 g/mol. The molecule has 0 radical (unpaired) electrons. The number of benzene rings is 1. The van der Waals surface area contributed by atoms with E-state index in [9.17, 15) is 13.2 Å². The maximum Gasteiger partial charge on any atom is 0.324 e. The van der Waals surface area contributed by atoms with Crippen molar-refractivity contribution in [2.75, 3.05) is 19.8 Å². The van der Waals surface area contributed by atoms with Gasteiger partial charge in [0.05, 0.1) is 28.7 Å². The average Bonchev–Trinajstić information content (AvgIpc) is 2.47. The lowest BCUT2D eigenvalue weighted by Crippen LogP contribution is -2.52. The normalized spacial score (nSPS) is 19.9. The molecule has 0 aliphatic carbocycles. The predicted molar refractivity (Wildman–Crippen MR) is 72.3 cm³/mol. The Hall–Kier alpha value is -1.66. The molecule has 2 rings (SSSR count). The fourth-order valence-electron chi connectivity index (χ4n) is 1.95. The van der Waals surface area contributed by atoms with Gasteiger partial charge in [0.25, 0.3) is 0 Å². The third kappa shape index (κ3) is 3.01. The molecule has 1 aromatic rings. The minimum absolute atomic E-state index is 0.00119. The second-order valence-corrected chi connectivity index (χ2v) is 6.60. The largest absolute Gasteiger partial charge is 0.480 e. The highest BCUT2D eigenvalue weighted by Crippen LogP contribution is 2.25. The van der Waals surface area contributed by atoms with Crippen LogP contribution in [0.5, 0.6) is 0 Å². The van der Waals surface area contributed by atoms with Crippen molar-refractivity contribution in [1.29, 1.82) is 5.26 Å². The van der Waals surface area contributed by atoms with Crippen LogP contribution in [0.2, 0.25) is 5.02 Å². The number of carboxylic acids is 1. The van der Waals surface area contributed by atoms with Gasteiger partial charge in [-0.2, -0.15) is 9.57 Å². The van der Waals surface area contributed by atoms with E-state index in [1.165, 1.54) is 12.1 Å². The van der Waals surface area contributed by atoms with Crippen molar-refractivity contribution >= 4 is 27.6 Å². The number of morpholine rings is 1. The molecule has 1 aliphatic heterocycles. The molecule has 1 unspecified atom stereocenters. The zero-order valence-electron chi connectivity index (χ0n) is 10.7. The fourth-order valence-corrected chi connectivity index (χ4v) is 3.82. The van der Waals surface area contributed by atoms with Gasteiger partial charge >= 0.3 is 5.97 Å². The molecule has 1 atom stereocenters. The van der Waals surface area contributed by atoms with Crippen molar-refractivity contribution in [1.82, 2.24) is 4.31 Å². The lowest BCUT2D eigenvalue weighted by atomic mass is 10.2. The molecule has 1 aromatic carbocycles. The fraction of sp³-hybridized carbons (Fsp3) is 0.333. The van der Waals surface area contributed by atoms with E-state index >= 15 is 0 Å². The Balaban J connectivity index is 2.43. The number of nitrogens with zero attached hydrogens (tertiary/aromatic N) is 2. The van der Waals surface area contributed by atoms with E-state index < -0.39 is 22.0 Å². The number of nitriles is 1. The average molecular weight is 331 g/mol. The zero-order valence-corrected chi connectivity index (χ0v) is 12.3. The third-order valence-electron chi connectivity index (χ3n) is 3.03. The number of hydrogen-bond donors (Lipinski definition) is 1. The van der Waals surface area contributed by atoms with Crippen LogP contribution < -0.4 is 0 Å². The zero-order chi connectivity index (χ0) is 15.6. The number of aliphatic carboxylic acids is 1. The first-order chi connectivity index (χ1) is 9.87. The molecule has 0 aromatic heterocycles. The topological polar surface area (TPSA) is 108 Å². The molecule has 9 heteroatoms. The Kier molecular flexibility index (Phi) is 4.49. The van der Waals surface area contributed by atoms with E-state index in [1.54, 1.807) is 0 Å². The van der Waals surface area contributed by atoms with E-state index in [0.717, 1.165) is 10.4 Å². The van der Waals surface area contributed by atoms with Gasteiger partial charge in [0.2, 0.25) is 10.0 Å². The van der Waals surface area contributed by atoms with E-state index in [1.807, 2.05) is 6.07 Å². The Labute approximate surface area is 126 Å². The van der Waals surface area contributed by atoms with Gasteiger partial charge in [0.1, 0.15) is 12.1 Å². The van der Waals surface area contributed by atoms with Crippen LogP contribution in [0.15, 0.2) is 23.1 Å². The van der Waals surface area contributed by atoms with Crippen LogP contribution in [0.4, 0.5) is 0 Å². The van der Waals surface area contributed by atoms with E-state index in [4.69, 9.17) is 26.7 Å². The number of halogens is 1. The summed E-state index contributed by atoms with van der Waals surface area (Å²) in [6.07, 6.45) is 0. The van der Waals surface area contributed by atoms with Crippen molar-refractivity contribution in [3.8, 4) is 6.07 Å². The summed E-state index contributed by atoms with van der Waals surface area (Å²) in [5, 5.41) is 17.9. The number of carboxylic acid groups (broad SMARTS) is 1. The molecule has 0 spiro atoms. The van der Waals surface area contributed by atoms with Gasteiger partial charge in [-0.15, -0.1) is 0 Å². The van der Waals surface area contributed by atoms with Gasteiger partial charge in [0, 0.05) is 6.54 Å². The summed E-state index contributed by atoms with van der Waals surface area (Å²) in [6, 6.07) is 4.20. The molecule has 1 heterocycles. The van der Waals surface area contributed by atoms with Crippen LogP contribution in [-0.2, 0) is 19.6 Å². The van der Waals surface area contributed by atoms with E-state index in [2.05, 4.69) is 0 Å². The van der Waals surface area contributed by atoms with Gasteiger partial charge in [-0.05, 0) is 18.2 Å². The van der Waals surface area contributed by atoms with Crippen molar-refractivity contribution in [3.05, 3.63) is 28.8 Å². The lowest BCUT2D eigenvalue weighted by molar-refractivity contribution is -0.146. The van der Waals surface area contributed by atoms with E-state index in [0.29, 0.717) is 0 Å². The number of ether oxygens (including phenoxy) is 1. The van der Waals surface area contributed by atoms with Crippen LogP contribution in [0, 0.1) is 11.3 Å². The van der Waals surface area contributed by atoms with Crippen molar-refractivity contribution < 1.29 is 23.1 Å². The molecule has 1 N–H and O–H groups in total. The second-order valence-electron chi connectivity index (χ2n) is 4.30. The molecule has 1 fully saturated rings. The Morgan fingerprint density at radius 3 is 2.81 bits per heavy atom. The maximum atomic E-state index is 12.5. The summed E-state index contributed by atoms with van der Waals surface area (Å²) < 4.78 is 30.9. The third-order valence-corrected chi connectivity index (χ3v) is 5.25. The monoisotopic (exact) mass is 330 g/mol. The first-order valence-electron chi connectivity index (χ1n) is 5.90. The number of hydrogen-bond acceptors (Lipinski definition) is 5. The highest BCUT2D eigenvalue weighted by atomic mass is 35.5. The Bertz CT molecular complexity index is 713. The van der Waals surface area contributed by atoms with Crippen molar-refractivity contribution in [2.24, 2.45) is 0 Å².